The summed E-state index contributed by atoms with van der Waals surface area (Å²) in [6.45, 7) is 4.28. The maximum atomic E-state index is 3.09. The minimum atomic E-state index is 1.30. The first kappa shape index (κ1) is 8.52. The highest BCUT2D eigenvalue weighted by Crippen LogP contribution is 2.27. The van der Waals surface area contributed by atoms with Gasteiger partial charge in [-0.1, -0.05) is 23.8 Å². The van der Waals surface area contributed by atoms with Crippen molar-refractivity contribution < 1.29 is 0 Å². The Morgan fingerprint density at radius 1 is 1.23 bits per heavy atom. The molecular formula is C12H11S. The molecule has 0 aliphatic heterocycles. The summed E-state index contributed by atoms with van der Waals surface area (Å²) in [5, 5.41) is 1.99. The van der Waals surface area contributed by atoms with E-state index in [0.29, 0.717) is 0 Å². The van der Waals surface area contributed by atoms with Crippen molar-refractivity contribution in [3.05, 3.63) is 46.8 Å². The summed E-state index contributed by atoms with van der Waals surface area (Å²) in [5.74, 6) is 0. The van der Waals surface area contributed by atoms with E-state index in [0.717, 1.165) is 0 Å². The van der Waals surface area contributed by atoms with E-state index in [1.165, 1.54) is 21.6 Å². The van der Waals surface area contributed by atoms with Crippen LogP contribution in [0.25, 0.3) is 10.4 Å². The SMILES string of the molecule is Cc1ccc(-c2c[c]cs2)c(C)c1. The van der Waals surface area contributed by atoms with Crippen LogP contribution in [0.1, 0.15) is 11.1 Å². The maximum absolute atomic E-state index is 3.09. The van der Waals surface area contributed by atoms with Crippen LogP contribution in [-0.4, -0.2) is 0 Å². The standard InChI is InChI=1S/C12H11S/c1-9-5-6-11(10(2)8-9)12-4-3-7-13-12/h4-8H,1-2H3. The van der Waals surface area contributed by atoms with Crippen LogP contribution in [0.2, 0.25) is 0 Å². The normalized spacial score (nSPS) is 10.3. The lowest BCUT2D eigenvalue weighted by molar-refractivity contribution is 1.39. The fourth-order valence-corrected chi connectivity index (χ4v) is 2.23. The Balaban J connectivity index is 2.53. The zero-order chi connectivity index (χ0) is 9.26. The Morgan fingerprint density at radius 3 is 2.69 bits per heavy atom. The van der Waals surface area contributed by atoms with Gasteiger partial charge in [-0.2, -0.15) is 0 Å². The van der Waals surface area contributed by atoms with Crippen molar-refractivity contribution in [2.24, 2.45) is 0 Å². The molecule has 0 aliphatic carbocycles. The van der Waals surface area contributed by atoms with E-state index >= 15 is 0 Å². The van der Waals surface area contributed by atoms with Crippen LogP contribution in [0.15, 0.2) is 29.6 Å². The van der Waals surface area contributed by atoms with Gasteiger partial charge in [0.15, 0.2) is 0 Å². The number of benzene rings is 1. The minimum Gasteiger partial charge on any atom is -0.143 e. The van der Waals surface area contributed by atoms with Gasteiger partial charge in [-0.3, -0.25) is 0 Å². The summed E-state index contributed by atoms with van der Waals surface area (Å²) in [7, 11) is 0. The molecular weight excluding hydrogens is 176 g/mol. The quantitative estimate of drug-likeness (QED) is 0.636. The van der Waals surface area contributed by atoms with Crippen LogP contribution in [0.3, 0.4) is 0 Å². The van der Waals surface area contributed by atoms with Crippen LogP contribution in [-0.2, 0) is 0 Å². The molecule has 1 aromatic carbocycles. The Labute approximate surface area is 82.9 Å². The molecule has 65 valence electrons. The smallest absolute Gasteiger partial charge is 0.0351 e. The monoisotopic (exact) mass is 187 g/mol. The first-order valence-corrected chi connectivity index (χ1v) is 5.17. The van der Waals surface area contributed by atoms with Crippen molar-refractivity contribution in [3.63, 3.8) is 0 Å². The van der Waals surface area contributed by atoms with E-state index in [1.807, 2.05) is 11.4 Å². The molecule has 2 rings (SSSR count). The fraction of sp³-hybridized carbons (Fsp3) is 0.167. The van der Waals surface area contributed by atoms with Crippen molar-refractivity contribution in [3.8, 4) is 10.4 Å². The van der Waals surface area contributed by atoms with E-state index in [1.54, 1.807) is 11.3 Å². The summed E-state index contributed by atoms with van der Waals surface area (Å²) in [6.07, 6.45) is 0. The third-order valence-corrected chi connectivity index (χ3v) is 2.96. The molecule has 0 amide bonds. The van der Waals surface area contributed by atoms with Crippen molar-refractivity contribution in [2.75, 3.05) is 0 Å². The number of hydrogen-bond acceptors (Lipinski definition) is 1. The fourth-order valence-electron chi connectivity index (χ4n) is 1.47. The molecule has 0 saturated heterocycles. The van der Waals surface area contributed by atoms with Gasteiger partial charge in [-0.05, 0) is 42.5 Å². The van der Waals surface area contributed by atoms with Crippen molar-refractivity contribution in [2.45, 2.75) is 13.8 Å². The lowest BCUT2D eigenvalue weighted by Crippen LogP contribution is -1.81. The molecule has 0 unspecified atom stereocenters. The van der Waals surface area contributed by atoms with Crippen LogP contribution in [0.4, 0.5) is 0 Å². The van der Waals surface area contributed by atoms with Crippen molar-refractivity contribution >= 4 is 11.3 Å². The van der Waals surface area contributed by atoms with Crippen LogP contribution < -0.4 is 0 Å². The highest BCUT2D eigenvalue weighted by atomic mass is 32.1. The molecule has 0 N–H and O–H groups in total. The van der Waals surface area contributed by atoms with Gasteiger partial charge in [-0.15, -0.1) is 11.3 Å². The van der Waals surface area contributed by atoms with Crippen LogP contribution in [0, 0.1) is 19.9 Å². The van der Waals surface area contributed by atoms with E-state index < -0.39 is 0 Å². The molecule has 0 spiro atoms. The summed E-state index contributed by atoms with van der Waals surface area (Å²) >= 11 is 1.74. The predicted octanol–water partition coefficient (Wildman–Crippen LogP) is 3.83. The largest absolute Gasteiger partial charge is 0.143 e. The van der Waals surface area contributed by atoms with Crippen molar-refractivity contribution in [1.29, 1.82) is 0 Å². The lowest BCUT2D eigenvalue weighted by Gasteiger charge is -2.03. The second kappa shape index (κ2) is 3.35. The van der Waals surface area contributed by atoms with Crippen LogP contribution in [0.5, 0.6) is 0 Å². The average molecular weight is 187 g/mol. The number of rotatable bonds is 1. The summed E-state index contributed by atoms with van der Waals surface area (Å²) in [6, 6.07) is 11.7. The topological polar surface area (TPSA) is 0 Å². The Morgan fingerprint density at radius 2 is 2.08 bits per heavy atom. The highest BCUT2D eigenvalue weighted by Gasteiger charge is 2.01. The molecule has 0 aliphatic rings. The van der Waals surface area contributed by atoms with Gasteiger partial charge in [0.2, 0.25) is 0 Å². The maximum Gasteiger partial charge on any atom is 0.0351 e. The first-order valence-electron chi connectivity index (χ1n) is 4.29. The second-order valence-corrected chi connectivity index (χ2v) is 4.14. The molecule has 13 heavy (non-hydrogen) atoms. The van der Waals surface area contributed by atoms with Gasteiger partial charge < -0.3 is 0 Å². The minimum absolute atomic E-state index is 1.30. The molecule has 0 atom stereocenters. The number of thiophene rings is 1. The van der Waals surface area contributed by atoms with Crippen molar-refractivity contribution in [1.82, 2.24) is 0 Å². The summed E-state index contributed by atoms with van der Waals surface area (Å²) in [5.41, 5.74) is 3.99. The summed E-state index contributed by atoms with van der Waals surface area (Å²) in [4.78, 5) is 1.30. The van der Waals surface area contributed by atoms with Crippen LogP contribution >= 0.6 is 11.3 Å². The molecule has 1 radical (unpaired) electrons. The van der Waals surface area contributed by atoms with E-state index in [2.05, 4.69) is 38.1 Å². The lowest BCUT2D eigenvalue weighted by atomic mass is 10.0. The predicted molar refractivity (Wildman–Crippen MR) is 58.1 cm³/mol. The second-order valence-electron chi connectivity index (χ2n) is 3.23. The summed E-state index contributed by atoms with van der Waals surface area (Å²) < 4.78 is 0. The third kappa shape index (κ3) is 1.65. The van der Waals surface area contributed by atoms with Gasteiger partial charge in [-0.25, -0.2) is 0 Å². The zero-order valence-corrected chi connectivity index (χ0v) is 8.61. The molecule has 1 aromatic heterocycles. The van der Waals surface area contributed by atoms with Gasteiger partial charge in [0.1, 0.15) is 0 Å². The number of hydrogen-bond donors (Lipinski definition) is 0. The Kier molecular flexibility index (Phi) is 2.19. The molecule has 2 aromatic rings. The zero-order valence-electron chi connectivity index (χ0n) is 7.79. The Bertz CT molecular complexity index is 399. The first-order chi connectivity index (χ1) is 6.27. The van der Waals surface area contributed by atoms with Gasteiger partial charge in [0.05, 0.1) is 0 Å². The van der Waals surface area contributed by atoms with E-state index in [4.69, 9.17) is 0 Å². The van der Waals surface area contributed by atoms with E-state index in [-0.39, 0.29) is 0 Å². The van der Waals surface area contributed by atoms with Gasteiger partial charge >= 0.3 is 0 Å². The molecule has 0 nitrogen and oxygen atoms in total. The molecule has 0 saturated carbocycles. The molecule has 1 heteroatoms. The third-order valence-electron chi connectivity index (χ3n) is 2.12. The molecule has 1 heterocycles. The average Bonchev–Trinajstić information content (AvgIpc) is 2.56. The van der Waals surface area contributed by atoms with Gasteiger partial charge in [0.25, 0.3) is 0 Å². The highest BCUT2D eigenvalue weighted by molar-refractivity contribution is 7.13. The Hall–Kier alpha value is -1.08. The molecule has 0 fully saturated rings. The molecule has 0 bridgehead atoms. The number of aryl methyl sites for hydroxylation is 2. The van der Waals surface area contributed by atoms with Gasteiger partial charge in [0, 0.05) is 4.88 Å². The van der Waals surface area contributed by atoms with E-state index in [9.17, 15) is 0 Å².